The summed E-state index contributed by atoms with van der Waals surface area (Å²) in [4.78, 5) is 42.6. The Morgan fingerprint density at radius 1 is 1.00 bits per heavy atom. The van der Waals surface area contributed by atoms with E-state index in [1.165, 1.54) is 40.3 Å². The van der Waals surface area contributed by atoms with Gasteiger partial charge in [0, 0.05) is 42.8 Å². The molecule has 47 heavy (non-hydrogen) atoms. The minimum absolute atomic E-state index is 0.0628. The summed E-state index contributed by atoms with van der Waals surface area (Å²) in [6.07, 6.45) is 9.21. The van der Waals surface area contributed by atoms with E-state index in [4.69, 9.17) is 16.3 Å². The molecule has 6 rings (SSSR count). The van der Waals surface area contributed by atoms with Crippen molar-refractivity contribution in [2.75, 3.05) is 43.5 Å². The highest BCUT2D eigenvalue weighted by Crippen LogP contribution is 2.45. The zero-order valence-corrected chi connectivity index (χ0v) is 27.3. The van der Waals surface area contributed by atoms with Gasteiger partial charge in [0.15, 0.2) is 5.60 Å². The number of allylic oxidation sites excluding steroid dienone is 1. The average molecular weight is 658 g/mol. The molecule has 10 heteroatoms. The zero-order valence-electron chi connectivity index (χ0n) is 26.5. The maximum atomic E-state index is 14.0. The predicted molar refractivity (Wildman–Crippen MR) is 181 cm³/mol. The van der Waals surface area contributed by atoms with Crippen molar-refractivity contribution in [3.8, 4) is 5.75 Å². The van der Waals surface area contributed by atoms with Crippen molar-refractivity contribution in [2.24, 2.45) is 0 Å². The number of fused-ring (bicyclic) bond motifs is 3. The van der Waals surface area contributed by atoms with Crippen LogP contribution in [-0.4, -0.2) is 66.2 Å². The predicted octanol–water partition coefficient (Wildman–Crippen LogP) is 5.93. The lowest BCUT2D eigenvalue weighted by atomic mass is 9.70. The summed E-state index contributed by atoms with van der Waals surface area (Å²) in [5.41, 5.74) is 1.38. The van der Waals surface area contributed by atoms with Crippen molar-refractivity contribution in [3.63, 3.8) is 0 Å². The molecular weight excluding hydrogens is 618 g/mol. The van der Waals surface area contributed by atoms with Gasteiger partial charge in [-0.2, -0.15) is 0 Å². The number of likely N-dealkylation sites (N-methyl/N-ethyl adjacent to an activating group) is 1. The number of carbonyl (C=O) groups excluding carboxylic acids is 2. The smallest absolute Gasteiger partial charge is 0.335 e. The lowest BCUT2D eigenvalue weighted by Gasteiger charge is -2.41. The molecule has 0 fully saturated rings. The first kappa shape index (κ1) is 32.6. The van der Waals surface area contributed by atoms with Crippen molar-refractivity contribution >= 4 is 40.8 Å². The molecule has 2 heterocycles. The fourth-order valence-electron chi connectivity index (χ4n) is 7.02. The average Bonchev–Trinajstić information content (AvgIpc) is 3.20. The molecule has 3 aliphatic rings. The number of rotatable bonds is 3. The minimum Gasteiger partial charge on any atom is -0.490 e. The number of carboxylic acid groups (broad SMARTS) is 1. The van der Waals surface area contributed by atoms with Crippen molar-refractivity contribution in [1.82, 2.24) is 4.90 Å². The van der Waals surface area contributed by atoms with Crippen LogP contribution in [0.5, 0.6) is 5.75 Å². The van der Waals surface area contributed by atoms with Gasteiger partial charge in [0.1, 0.15) is 5.75 Å². The van der Waals surface area contributed by atoms with Gasteiger partial charge in [-0.3, -0.25) is 9.59 Å². The van der Waals surface area contributed by atoms with Crippen LogP contribution in [0.3, 0.4) is 0 Å². The number of benzene rings is 3. The molecule has 0 radical (unpaired) electrons. The number of carboxylic acids is 1. The van der Waals surface area contributed by atoms with E-state index in [9.17, 15) is 24.6 Å². The van der Waals surface area contributed by atoms with Crippen LogP contribution in [-0.2, 0) is 27.0 Å². The monoisotopic (exact) mass is 657 g/mol. The normalized spacial score (nSPS) is 23.9. The molecule has 1 spiro atoms. The van der Waals surface area contributed by atoms with Gasteiger partial charge < -0.3 is 30.1 Å². The fourth-order valence-corrected chi connectivity index (χ4v) is 7.22. The summed E-state index contributed by atoms with van der Waals surface area (Å²) in [5.74, 6) is -1.63. The lowest BCUT2D eigenvalue weighted by Crippen LogP contribution is -2.46. The van der Waals surface area contributed by atoms with Crippen molar-refractivity contribution in [3.05, 3.63) is 100 Å². The third-order valence-corrected chi connectivity index (χ3v) is 9.94. The number of nitrogens with one attached hydrogen (secondary N) is 1. The Hall–Kier alpha value is -4.34. The topological polar surface area (TPSA) is 119 Å². The summed E-state index contributed by atoms with van der Waals surface area (Å²) < 4.78 is 6.58. The third kappa shape index (κ3) is 6.73. The van der Waals surface area contributed by atoms with Gasteiger partial charge in [0.05, 0.1) is 24.3 Å². The number of aromatic carboxylic acids is 1. The molecule has 1 unspecified atom stereocenters. The molecule has 0 aromatic heterocycles. The maximum absolute atomic E-state index is 14.0. The van der Waals surface area contributed by atoms with E-state index in [1.807, 2.05) is 12.1 Å². The number of aryl methyl sites for hydroxylation is 1. The highest BCUT2D eigenvalue weighted by atomic mass is 35.5. The number of nitrogens with zero attached hydrogens (tertiary/aromatic N) is 2. The molecular formula is C37H40ClN3O6. The number of amides is 2. The first-order valence-corrected chi connectivity index (χ1v) is 16.5. The summed E-state index contributed by atoms with van der Waals surface area (Å²) in [6.45, 7) is 2.27. The molecule has 2 atom stereocenters. The van der Waals surface area contributed by atoms with Crippen LogP contribution >= 0.6 is 11.6 Å². The summed E-state index contributed by atoms with van der Waals surface area (Å²) in [5, 5.41) is 25.0. The fraction of sp³-hybridized carbons (Fsp3) is 0.378. The van der Waals surface area contributed by atoms with Crippen LogP contribution in [0.1, 0.15) is 65.6 Å². The molecule has 3 aromatic carbocycles. The molecule has 2 aliphatic heterocycles. The molecule has 246 valence electrons. The Bertz CT molecular complexity index is 1710. The molecule has 3 aromatic rings. The van der Waals surface area contributed by atoms with Crippen LogP contribution in [0.15, 0.2) is 72.8 Å². The second-order valence-corrected chi connectivity index (χ2v) is 13.4. The number of hydrogen-bond acceptors (Lipinski definition) is 6. The van der Waals surface area contributed by atoms with Crippen LogP contribution in [0.2, 0.25) is 5.02 Å². The molecule has 0 saturated heterocycles. The van der Waals surface area contributed by atoms with Crippen LogP contribution in [0, 0.1) is 0 Å². The highest BCUT2D eigenvalue weighted by Gasteiger charge is 2.44. The first-order valence-electron chi connectivity index (χ1n) is 16.2. The Morgan fingerprint density at radius 3 is 2.60 bits per heavy atom. The maximum Gasteiger partial charge on any atom is 0.335 e. The quantitative estimate of drug-likeness (QED) is 0.299. The summed E-state index contributed by atoms with van der Waals surface area (Å²) in [6, 6.07) is 17.0. The number of halogens is 1. The van der Waals surface area contributed by atoms with Crippen molar-refractivity contribution in [1.29, 1.82) is 0 Å². The number of hydrogen-bond donors (Lipinski definition) is 3. The number of ether oxygens (including phenoxy) is 1. The SMILES string of the molecule is CN1C/C=C/CCCCN2C[C@@]3(CCCc4cc(Cl)ccc43)COc3ccc(cc32)C(O)(C(=O)Nc2ccc(C(=O)O)cc2)CC1=O. The van der Waals surface area contributed by atoms with Gasteiger partial charge in [-0.25, -0.2) is 4.79 Å². The largest absolute Gasteiger partial charge is 0.490 e. The van der Waals surface area contributed by atoms with E-state index in [2.05, 4.69) is 28.4 Å². The van der Waals surface area contributed by atoms with E-state index < -0.39 is 29.8 Å². The van der Waals surface area contributed by atoms with Crippen molar-refractivity contribution < 1.29 is 29.3 Å². The second kappa shape index (κ2) is 13.4. The van der Waals surface area contributed by atoms with Gasteiger partial charge in [-0.15, -0.1) is 0 Å². The van der Waals surface area contributed by atoms with Crippen LogP contribution in [0.25, 0.3) is 0 Å². The van der Waals surface area contributed by atoms with Gasteiger partial charge >= 0.3 is 5.97 Å². The van der Waals surface area contributed by atoms with E-state index in [0.717, 1.165) is 55.8 Å². The van der Waals surface area contributed by atoms with Gasteiger partial charge in [-0.1, -0.05) is 35.9 Å². The highest BCUT2D eigenvalue weighted by molar-refractivity contribution is 6.30. The molecule has 2 bridgehead atoms. The van der Waals surface area contributed by atoms with Crippen LogP contribution < -0.4 is 15.0 Å². The third-order valence-electron chi connectivity index (χ3n) is 9.71. The zero-order chi connectivity index (χ0) is 33.2. The molecule has 9 nitrogen and oxygen atoms in total. The Kier molecular flexibility index (Phi) is 9.30. The Balaban J connectivity index is 1.41. The van der Waals surface area contributed by atoms with E-state index in [1.54, 1.807) is 25.2 Å². The van der Waals surface area contributed by atoms with Crippen molar-refractivity contribution in [2.45, 2.75) is 56.0 Å². The van der Waals surface area contributed by atoms with Gasteiger partial charge in [-0.05, 0) is 104 Å². The van der Waals surface area contributed by atoms with E-state index in [0.29, 0.717) is 31.1 Å². The Morgan fingerprint density at radius 2 is 1.81 bits per heavy atom. The number of aliphatic hydroxyl groups is 1. The molecule has 3 N–H and O–H groups in total. The molecule has 1 aliphatic carbocycles. The lowest BCUT2D eigenvalue weighted by molar-refractivity contribution is -0.145. The van der Waals surface area contributed by atoms with Gasteiger partial charge in [0.25, 0.3) is 5.91 Å². The first-order chi connectivity index (χ1) is 22.6. The molecule has 2 amide bonds. The standard InChI is InChI=1S/C37H40ClN3O6/c1-40-18-5-3-2-4-6-19-41-23-36(17-7-8-26-20-28(38)12-15-30(26)36)24-47-32-16-11-27(21-31(32)41)37(46,22-33(40)42)35(45)39-29-13-9-25(10-14-29)34(43)44/h3,5,9-16,20-21,46H,2,4,6-8,17-19,22-24H2,1H3,(H,39,45)(H,43,44)/b5-3+/t36-,37?/m0/s1. The van der Waals surface area contributed by atoms with E-state index >= 15 is 0 Å². The molecule has 0 saturated carbocycles. The summed E-state index contributed by atoms with van der Waals surface area (Å²) in [7, 11) is 1.65. The van der Waals surface area contributed by atoms with E-state index in [-0.39, 0.29) is 16.5 Å². The van der Waals surface area contributed by atoms with Gasteiger partial charge in [0.2, 0.25) is 5.91 Å². The Labute approximate surface area is 279 Å². The minimum atomic E-state index is -2.24. The summed E-state index contributed by atoms with van der Waals surface area (Å²) >= 11 is 6.40. The van der Waals surface area contributed by atoms with Crippen LogP contribution in [0.4, 0.5) is 11.4 Å². The number of anilines is 2. The second-order valence-electron chi connectivity index (χ2n) is 12.9. The number of carbonyl (C=O) groups is 3.